The van der Waals surface area contributed by atoms with E-state index in [1.807, 2.05) is 0 Å². The Kier molecular flexibility index (Phi) is 28.3. The van der Waals surface area contributed by atoms with E-state index in [0.717, 1.165) is 45.3 Å². The molecule has 25 nitrogen and oxygen atoms in total. The third-order valence-electron chi connectivity index (χ3n) is 25.2. The number of nitrogens with one attached hydrogen (secondary N) is 4. The van der Waals surface area contributed by atoms with Gasteiger partial charge >= 0.3 is 12.4 Å². The summed E-state index contributed by atoms with van der Waals surface area (Å²) >= 11 is 6.39. The predicted octanol–water partition coefficient (Wildman–Crippen LogP) is 6.06. The summed E-state index contributed by atoms with van der Waals surface area (Å²) in [7, 11) is 8.12. The van der Waals surface area contributed by atoms with E-state index in [9.17, 15) is 50.3 Å². The number of amides is 12. The van der Waals surface area contributed by atoms with Gasteiger partial charge in [-0.1, -0.05) is 58.8 Å². The van der Waals surface area contributed by atoms with Gasteiger partial charge in [-0.25, -0.2) is 0 Å². The molecule has 4 N–H and O–H groups in total. The lowest BCUT2D eigenvalue weighted by molar-refractivity contribution is -0.184. The third-order valence-corrected chi connectivity index (χ3v) is 25.7. The number of fused-ring (bicyclic) bond motifs is 3. The number of ether oxygens (including phenoxy) is 1. The molecule has 0 aromatic rings. The first kappa shape index (κ1) is 83.5. The highest BCUT2D eigenvalue weighted by Crippen LogP contribution is 2.45. The maximum atomic E-state index is 15.7. The van der Waals surface area contributed by atoms with Crippen molar-refractivity contribution in [1.29, 1.82) is 0 Å². The molecule has 32 heteroatoms. The minimum Gasteiger partial charge on any atom is -0.377 e. The van der Waals surface area contributed by atoms with E-state index in [2.05, 4.69) is 21.3 Å². The molecule has 5 saturated carbocycles. The van der Waals surface area contributed by atoms with Crippen LogP contribution in [0, 0.1) is 41.4 Å². The number of hydrogen-bond donors (Lipinski definition) is 4. The first-order valence-corrected chi connectivity index (χ1v) is 39.2. The van der Waals surface area contributed by atoms with Crippen LogP contribution in [0.25, 0.3) is 0 Å². The van der Waals surface area contributed by atoms with Gasteiger partial charge in [-0.3, -0.25) is 57.5 Å². The monoisotopic (exact) mass is 1530 g/mol. The van der Waals surface area contributed by atoms with Crippen LogP contribution in [-0.2, 0) is 62.3 Å². The van der Waals surface area contributed by atoms with E-state index >= 15 is 33.6 Å². The minimum absolute atomic E-state index is 0.00665. The molecular formula is C74H113ClF6N12O13. The minimum atomic E-state index is -4.55. The maximum Gasteiger partial charge on any atom is 0.393 e. The molecule has 9 aliphatic rings. The zero-order valence-corrected chi connectivity index (χ0v) is 63.6. The van der Waals surface area contributed by atoms with Crippen LogP contribution in [-0.4, -0.2) is 269 Å². The molecular weight excluding hydrogens is 1410 g/mol. The molecule has 1 spiro atoms. The zero-order valence-electron chi connectivity index (χ0n) is 62.9. The standard InChI is InChI=1S/C74H113ClF6N12O13/c1-9-43(2)61-70(104)88(5)39-59(96)86(3)40-60(97)89(6)56(36-45-22-26-48(27-23-45)73(76,77)78)69(103)87(4)38-57(94)82-53(31-25-44-24-30-51(52(75)35-44)74(79,80)81)67(101)92-34-16-21-55(92)64(98)85-72(32-13-14-33-72)71(105)91(8)63(46-17-11-10-12-18-46)65(99)83-54(68(102)93-49-28-29-50(93)42-106-41-49)37-58(95)90(7)62(66(100)84-61)47-19-15-20-47/h43-56,61-63H,9-42H2,1-8H3,(H,82,94)(H,83,99)(H,84,100)(H,85,98)/t43-,44?,45?,48?,49?,50?,51?,52?,53-,54-,55-,56-,61-,62-,63-/m0/s1. The van der Waals surface area contributed by atoms with Crippen LogP contribution >= 0.6 is 11.6 Å². The van der Waals surface area contributed by atoms with Crippen LogP contribution in [0.4, 0.5) is 26.3 Å². The van der Waals surface area contributed by atoms with E-state index in [-0.39, 0.29) is 121 Å². The first-order chi connectivity index (χ1) is 50.0. The Bertz CT molecular complexity index is 3170. The van der Waals surface area contributed by atoms with Crippen LogP contribution in [0.1, 0.15) is 194 Å². The number of carbonyl (C=O) groups excluding carboxylic acids is 12. The number of carbonyl (C=O) groups is 12. The topological polar surface area (TPSA) is 288 Å². The number of nitrogens with zero attached hydrogens (tertiary/aromatic N) is 8. The highest BCUT2D eigenvalue weighted by atomic mass is 35.5. The van der Waals surface area contributed by atoms with Gasteiger partial charge in [0.15, 0.2) is 0 Å². The second-order valence-corrected chi connectivity index (χ2v) is 32.9. The largest absolute Gasteiger partial charge is 0.393 e. The number of morpholine rings is 1. The lowest BCUT2D eigenvalue weighted by Crippen LogP contribution is -2.65. The van der Waals surface area contributed by atoms with Crippen molar-refractivity contribution in [2.75, 3.05) is 81.7 Å². The van der Waals surface area contributed by atoms with Crippen molar-refractivity contribution in [3.63, 3.8) is 0 Å². The zero-order chi connectivity index (χ0) is 77.4. The second-order valence-electron chi connectivity index (χ2n) is 32.4. The van der Waals surface area contributed by atoms with Crippen molar-refractivity contribution in [1.82, 2.24) is 60.5 Å². The third kappa shape index (κ3) is 19.7. The van der Waals surface area contributed by atoms with E-state index in [1.165, 1.54) is 57.0 Å². The van der Waals surface area contributed by atoms with Gasteiger partial charge in [0.25, 0.3) is 0 Å². The van der Waals surface area contributed by atoms with Crippen LogP contribution in [0.2, 0.25) is 0 Å². The Labute approximate surface area is 623 Å². The molecule has 106 heavy (non-hydrogen) atoms. The van der Waals surface area contributed by atoms with Gasteiger partial charge in [-0.2, -0.15) is 26.3 Å². The number of rotatable bonds is 10. The van der Waals surface area contributed by atoms with E-state index in [1.54, 1.807) is 18.7 Å². The number of alkyl halides is 7. The van der Waals surface area contributed by atoms with Crippen LogP contribution in [0.15, 0.2) is 0 Å². The van der Waals surface area contributed by atoms with Gasteiger partial charge < -0.3 is 65.2 Å². The number of hydrogen-bond acceptors (Lipinski definition) is 13. The van der Waals surface area contributed by atoms with Crippen LogP contribution < -0.4 is 21.3 Å². The average molecular weight is 1530 g/mol. The summed E-state index contributed by atoms with van der Waals surface area (Å²) in [5.74, 6) is -14.2. The molecule has 12 amide bonds. The average Bonchev–Trinajstić information content (AvgIpc) is 1.37. The van der Waals surface area contributed by atoms with Crippen molar-refractivity contribution in [3.8, 4) is 0 Å². The molecule has 5 aliphatic carbocycles. The lowest BCUT2D eigenvalue weighted by atomic mass is 9.78. The Balaban J connectivity index is 1.06. The summed E-state index contributed by atoms with van der Waals surface area (Å²) in [6, 6.07) is -9.94. The van der Waals surface area contributed by atoms with Gasteiger partial charge in [-0.05, 0) is 158 Å². The molecule has 4 saturated heterocycles. The fourth-order valence-corrected chi connectivity index (χ4v) is 18.8. The molecule has 9 rings (SSSR count). The fourth-order valence-electron chi connectivity index (χ4n) is 18.3. The Morgan fingerprint density at radius 2 is 1.16 bits per heavy atom. The van der Waals surface area contributed by atoms with Gasteiger partial charge in [0, 0.05) is 54.2 Å². The summed E-state index contributed by atoms with van der Waals surface area (Å²) in [5.41, 5.74) is -1.61. The van der Waals surface area contributed by atoms with Crippen molar-refractivity contribution >= 4 is 82.5 Å². The van der Waals surface area contributed by atoms with Gasteiger partial charge in [0.2, 0.25) is 70.9 Å². The first-order valence-electron chi connectivity index (χ1n) is 38.8. The maximum absolute atomic E-state index is 15.7. The van der Waals surface area contributed by atoms with Gasteiger partial charge in [0.05, 0.1) is 63.2 Å². The van der Waals surface area contributed by atoms with E-state index < -0.39 is 198 Å². The smallest absolute Gasteiger partial charge is 0.377 e. The molecule has 4 heterocycles. The molecule has 0 aromatic heterocycles. The fraction of sp³-hybridized carbons (Fsp3) is 0.838. The lowest BCUT2D eigenvalue weighted by Gasteiger charge is -2.42. The quantitative estimate of drug-likeness (QED) is 0.143. The molecule has 0 aromatic carbocycles. The van der Waals surface area contributed by atoms with Crippen molar-refractivity contribution in [2.45, 2.75) is 271 Å². The number of halogens is 7. The summed E-state index contributed by atoms with van der Waals surface area (Å²) in [6.45, 7) is 1.98. The molecule has 13 atom stereocenters. The molecule has 9 fully saturated rings. The van der Waals surface area contributed by atoms with Crippen LogP contribution in [0.5, 0.6) is 0 Å². The van der Waals surface area contributed by atoms with Crippen molar-refractivity contribution in [2.24, 2.45) is 41.4 Å². The van der Waals surface area contributed by atoms with Crippen molar-refractivity contribution in [3.05, 3.63) is 0 Å². The molecule has 5 unspecified atom stereocenters. The highest BCUT2D eigenvalue weighted by molar-refractivity contribution is 6.21. The molecule has 596 valence electrons. The summed E-state index contributed by atoms with van der Waals surface area (Å²) in [4.78, 5) is 190. The van der Waals surface area contributed by atoms with E-state index in [4.69, 9.17) is 16.3 Å². The summed E-state index contributed by atoms with van der Waals surface area (Å²) < 4.78 is 89.9. The highest BCUT2D eigenvalue weighted by Gasteiger charge is 2.53. The summed E-state index contributed by atoms with van der Waals surface area (Å²) in [6.07, 6.45) is -2.04. The van der Waals surface area contributed by atoms with Crippen LogP contribution in [0.3, 0.4) is 0 Å². The van der Waals surface area contributed by atoms with Gasteiger partial charge in [0.1, 0.15) is 47.8 Å². The predicted molar refractivity (Wildman–Crippen MR) is 377 cm³/mol. The summed E-state index contributed by atoms with van der Waals surface area (Å²) in [5, 5.41) is 10.4. The van der Waals surface area contributed by atoms with Crippen molar-refractivity contribution < 1.29 is 88.6 Å². The molecule has 4 aliphatic heterocycles. The van der Waals surface area contributed by atoms with E-state index in [0.29, 0.717) is 64.2 Å². The Hall–Kier alpha value is -6.53. The molecule has 2 bridgehead atoms. The second kappa shape index (κ2) is 35.9. The Morgan fingerprint density at radius 3 is 1.75 bits per heavy atom. The SMILES string of the molecule is CC[C@H](C)[C@@H]1NC(=O)[C@H](C2CCC2)N(C)C(=O)C[C@@H](C(=O)N2C3CCC2COC3)NC(=O)[C@H](C2CCCCC2)N(C)C(=O)C2(CCCC2)NC(=O)[C@@H]2CCCN2C(=O)[C@H](CCC2CCC(C(F)(F)F)C(Cl)C2)NC(=O)CN(C)C(=O)[C@H](CC2CCC(C(F)(F)F)CC2)N(C)C(=O)CN(C)C(=O)CN(C)C1=O. The Morgan fingerprint density at radius 1 is 0.575 bits per heavy atom. The molecule has 0 radical (unpaired) electrons. The normalized spacial score (nSPS) is 33.0. The van der Waals surface area contributed by atoms with Gasteiger partial charge in [-0.15, -0.1) is 11.6 Å². The number of likely N-dealkylation sites (N-methyl/N-ethyl adjacent to an activating group) is 6.